The van der Waals surface area contributed by atoms with E-state index in [1.54, 1.807) is 29.2 Å². The van der Waals surface area contributed by atoms with E-state index in [9.17, 15) is 14.4 Å². The van der Waals surface area contributed by atoms with E-state index in [0.717, 1.165) is 11.3 Å². The number of esters is 1. The van der Waals surface area contributed by atoms with Crippen molar-refractivity contribution >= 4 is 23.5 Å². The fraction of sp³-hybridized carbons (Fsp3) is 0.476. The number of hydrogen-bond acceptors (Lipinski definition) is 4. The van der Waals surface area contributed by atoms with E-state index in [1.807, 2.05) is 0 Å². The van der Waals surface area contributed by atoms with Crippen LogP contribution in [0.3, 0.4) is 0 Å². The molecule has 1 aromatic carbocycles. The monoisotopic (exact) mass is 369 g/mol. The van der Waals surface area contributed by atoms with Crippen molar-refractivity contribution < 1.29 is 24.0 Å². The highest BCUT2D eigenvalue weighted by atomic mass is 16.5. The number of rotatable bonds is 4. The van der Waals surface area contributed by atoms with Gasteiger partial charge in [0.2, 0.25) is 0 Å². The Morgan fingerprint density at radius 3 is 2.44 bits per heavy atom. The molecule has 2 saturated heterocycles. The van der Waals surface area contributed by atoms with Gasteiger partial charge in [-0.05, 0) is 56.4 Å². The van der Waals surface area contributed by atoms with E-state index >= 15 is 0 Å². The summed E-state index contributed by atoms with van der Waals surface area (Å²) < 4.78 is 5.61. The van der Waals surface area contributed by atoms with Crippen molar-refractivity contribution in [3.63, 3.8) is 0 Å². The molecule has 3 aliphatic rings. The van der Waals surface area contributed by atoms with Crippen molar-refractivity contribution in [3.8, 4) is 0 Å². The molecule has 1 aromatic rings. The van der Waals surface area contributed by atoms with Crippen LogP contribution in [0.2, 0.25) is 0 Å². The number of carbonyl (C=O) groups is 3. The minimum absolute atomic E-state index is 0.346. The Bertz CT molecular complexity index is 751. The minimum Gasteiger partial charge on any atom is -0.462 e. The van der Waals surface area contributed by atoms with Gasteiger partial charge in [-0.15, -0.1) is 0 Å². The van der Waals surface area contributed by atoms with Gasteiger partial charge in [0.1, 0.15) is 6.61 Å². The van der Waals surface area contributed by atoms with Gasteiger partial charge in [-0.25, -0.2) is 9.69 Å². The Hall–Kier alpha value is -2.47. The lowest BCUT2D eigenvalue weighted by Gasteiger charge is -2.40. The number of anilines is 1. The van der Waals surface area contributed by atoms with Crippen LogP contribution in [0.5, 0.6) is 0 Å². The third kappa shape index (κ3) is 3.67. The first-order valence-corrected chi connectivity index (χ1v) is 9.81. The maximum absolute atomic E-state index is 12.4. The molecule has 6 heteroatoms. The molecule has 0 aromatic heterocycles. The normalized spacial score (nSPS) is 27.6. The van der Waals surface area contributed by atoms with E-state index in [0.29, 0.717) is 29.8 Å². The first kappa shape index (κ1) is 17.9. The van der Waals surface area contributed by atoms with Gasteiger partial charge in [-0.1, -0.05) is 0 Å². The van der Waals surface area contributed by atoms with Gasteiger partial charge in [0.25, 0.3) is 11.8 Å². The highest BCUT2D eigenvalue weighted by molar-refractivity contribution is 6.28. The van der Waals surface area contributed by atoms with Gasteiger partial charge < -0.3 is 9.64 Å². The molecule has 27 heavy (non-hydrogen) atoms. The first-order valence-electron chi connectivity index (χ1n) is 9.81. The largest absolute Gasteiger partial charge is 0.462 e. The maximum Gasteiger partial charge on any atom is 0.338 e. The van der Waals surface area contributed by atoms with Crippen molar-refractivity contribution in [1.29, 1.82) is 0 Å². The molecule has 142 valence electrons. The number of nitrogens with one attached hydrogen (secondary N) is 1. The Morgan fingerprint density at radius 2 is 1.70 bits per heavy atom. The van der Waals surface area contributed by atoms with Gasteiger partial charge in [0.15, 0.2) is 0 Å². The summed E-state index contributed by atoms with van der Waals surface area (Å²) in [5.74, 6) is -0.635. The summed E-state index contributed by atoms with van der Waals surface area (Å²) in [4.78, 5) is 38.6. The Balaban J connectivity index is 1.36. The van der Waals surface area contributed by atoms with Crippen molar-refractivity contribution in [1.82, 2.24) is 0 Å². The average Bonchev–Trinajstić information content (AvgIpc) is 3.04. The molecule has 0 spiro atoms. The van der Waals surface area contributed by atoms with Crippen LogP contribution in [-0.2, 0) is 14.3 Å². The lowest BCUT2D eigenvalue weighted by molar-refractivity contribution is -0.940. The van der Waals surface area contributed by atoms with Crippen LogP contribution in [-0.4, -0.2) is 43.5 Å². The van der Waals surface area contributed by atoms with Crippen molar-refractivity contribution in [2.24, 2.45) is 5.92 Å². The first-order chi connectivity index (χ1) is 13.1. The molecule has 3 heterocycles. The number of imide groups is 1. The summed E-state index contributed by atoms with van der Waals surface area (Å²) >= 11 is 0. The molecule has 4 rings (SSSR count). The number of hydrogen-bond donors (Lipinski definition) is 1. The molecule has 0 saturated carbocycles. The topological polar surface area (TPSA) is 68.1 Å². The van der Waals surface area contributed by atoms with E-state index < -0.39 is 0 Å². The number of benzene rings is 1. The zero-order chi connectivity index (χ0) is 18.8. The predicted octanol–water partition coefficient (Wildman–Crippen LogP) is 1.12. The summed E-state index contributed by atoms with van der Waals surface area (Å²) in [6.07, 6.45) is 8.64. The molecule has 0 aliphatic carbocycles. The zero-order valence-corrected chi connectivity index (χ0v) is 15.4. The number of piperidine rings is 2. The SMILES string of the molecule is O=C(OC[C@H]1CCC[NH+]2CCCC[C@H]12)c1ccc(N2C(=O)C=CC2=O)cc1. The van der Waals surface area contributed by atoms with Crippen molar-refractivity contribution in [3.05, 3.63) is 42.0 Å². The lowest BCUT2D eigenvalue weighted by atomic mass is 9.84. The Morgan fingerprint density at radius 1 is 1.00 bits per heavy atom. The molecule has 2 fully saturated rings. The van der Waals surface area contributed by atoms with Crippen LogP contribution in [0.15, 0.2) is 36.4 Å². The lowest BCUT2D eigenvalue weighted by Crippen LogP contribution is -3.18. The molecule has 6 nitrogen and oxygen atoms in total. The fourth-order valence-corrected chi connectivity index (χ4v) is 4.64. The molecule has 0 radical (unpaired) electrons. The van der Waals surface area contributed by atoms with Crippen LogP contribution in [0.4, 0.5) is 5.69 Å². The Kier molecular flexibility index (Phi) is 5.07. The van der Waals surface area contributed by atoms with E-state index in [1.165, 1.54) is 50.9 Å². The second kappa shape index (κ2) is 7.64. The number of quaternary nitrogens is 1. The van der Waals surface area contributed by atoms with Gasteiger partial charge in [0, 0.05) is 18.1 Å². The minimum atomic E-state index is -0.368. The standard InChI is InChI=1S/C21H24N2O4/c24-19-10-11-20(25)23(19)17-8-6-15(7-9-17)21(26)27-14-16-4-3-13-22-12-2-1-5-18(16)22/h6-11,16,18H,1-5,12-14H2/p+1/t16-,18-/m1/s1. The number of amides is 2. The second-order valence-electron chi connectivity index (χ2n) is 7.65. The molecule has 0 bridgehead atoms. The summed E-state index contributed by atoms with van der Waals surface area (Å²) in [5, 5.41) is 0. The maximum atomic E-state index is 12.4. The predicted molar refractivity (Wildman–Crippen MR) is 99.4 cm³/mol. The van der Waals surface area contributed by atoms with Gasteiger partial charge in [-0.2, -0.15) is 0 Å². The van der Waals surface area contributed by atoms with E-state index in [-0.39, 0.29) is 17.8 Å². The molecule has 3 atom stereocenters. The summed E-state index contributed by atoms with van der Waals surface area (Å²) in [5.41, 5.74) is 0.898. The molecular weight excluding hydrogens is 344 g/mol. The van der Waals surface area contributed by atoms with Crippen molar-refractivity contribution in [2.75, 3.05) is 24.6 Å². The van der Waals surface area contributed by atoms with Gasteiger partial charge >= 0.3 is 5.97 Å². The van der Waals surface area contributed by atoms with Crippen LogP contribution in [0, 0.1) is 5.92 Å². The van der Waals surface area contributed by atoms with Crippen molar-refractivity contribution in [2.45, 2.75) is 38.1 Å². The molecular formula is C21H25N2O4+. The molecule has 1 unspecified atom stereocenters. The fourth-order valence-electron chi connectivity index (χ4n) is 4.64. The molecule has 2 amide bonds. The molecule has 1 N–H and O–H groups in total. The number of fused-ring (bicyclic) bond motifs is 1. The van der Waals surface area contributed by atoms with E-state index in [2.05, 4.69) is 0 Å². The van der Waals surface area contributed by atoms with Crippen LogP contribution < -0.4 is 9.80 Å². The summed E-state index contributed by atoms with van der Waals surface area (Å²) in [7, 11) is 0. The van der Waals surface area contributed by atoms with Crippen LogP contribution >= 0.6 is 0 Å². The second-order valence-corrected chi connectivity index (χ2v) is 7.65. The Labute approximate surface area is 158 Å². The highest BCUT2D eigenvalue weighted by Gasteiger charge is 2.37. The summed E-state index contributed by atoms with van der Waals surface area (Å²) in [6.45, 7) is 2.97. The van der Waals surface area contributed by atoms with Gasteiger partial charge in [0.05, 0.1) is 30.4 Å². The third-order valence-electron chi connectivity index (χ3n) is 6.03. The van der Waals surface area contributed by atoms with E-state index in [4.69, 9.17) is 4.74 Å². The quantitative estimate of drug-likeness (QED) is 0.638. The number of ether oxygens (including phenoxy) is 1. The van der Waals surface area contributed by atoms with Gasteiger partial charge in [-0.3, -0.25) is 9.59 Å². The number of carbonyl (C=O) groups excluding carboxylic acids is 3. The highest BCUT2D eigenvalue weighted by Crippen LogP contribution is 2.22. The number of nitrogens with zero attached hydrogens (tertiary/aromatic N) is 1. The average molecular weight is 369 g/mol. The smallest absolute Gasteiger partial charge is 0.338 e. The zero-order valence-electron chi connectivity index (χ0n) is 15.4. The van der Waals surface area contributed by atoms with Crippen LogP contribution in [0.25, 0.3) is 0 Å². The molecule has 3 aliphatic heterocycles. The summed E-state index contributed by atoms with van der Waals surface area (Å²) in [6, 6.07) is 7.05. The van der Waals surface area contributed by atoms with Crippen LogP contribution in [0.1, 0.15) is 42.5 Å². The third-order valence-corrected chi connectivity index (χ3v) is 6.03.